The van der Waals surface area contributed by atoms with E-state index in [0.29, 0.717) is 17.1 Å². The molecule has 116 valence electrons. The number of amides is 1. The molecule has 1 aromatic carbocycles. The first-order valence-electron chi connectivity index (χ1n) is 6.86. The van der Waals surface area contributed by atoms with E-state index in [1.165, 1.54) is 0 Å². The summed E-state index contributed by atoms with van der Waals surface area (Å²) in [7, 11) is 0. The third-order valence-corrected chi connectivity index (χ3v) is 3.60. The van der Waals surface area contributed by atoms with E-state index in [-0.39, 0.29) is 12.3 Å². The molecule has 1 aromatic heterocycles. The van der Waals surface area contributed by atoms with Crippen molar-refractivity contribution in [3.63, 3.8) is 0 Å². The average Bonchev–Trinajstić information content (AvgIpc) is 2.84. The Balaban J connectivity index is 2.18. The molecule has 6 heteroatoms. The van der Waals surface area contributed by atoms with Gasteiger partial charge in [-0.1, -0.05) is 30.3 Å². The summed E-state index contributed by atoms with van der Waals surface area (Å²) >= 11 is 0. The summed E-state index contributed by atoms with van der Waals surface area (Å²) in [6, 6.07) is 8.80. The molecule has 0 bridgehead atoms. The molecule has 0 fully saturated rings. The number of nitrogens with one attached hydrogen (secondary N) is 1. The smallest absolute Gasteiger partial charge is 0.315 e. The van der Waals surface area contributed by atoms with E-state index in [1.54, 1.807) is 45.0 Å². The van der Waals surface area contributed by atoms with E-state index in [0.717, 1.165) is 0 Å². The number of hydrogen-bond donors (Lipinski definition) is 2. The van der Waals surface area contributed by atoms with Crippen LogP contribution in [0.5, 0.6) is 0 Å². The lowest BCUT2D eigenvalue weighted by Gasteiger charge is -2.25. The van der Waals surface area contributed by atoms with Crippen molar-refractivity contribution >= 4 is 11.9 Å². The minimum Gasteiger partial charge on any atom is -0.481 e. The van der Waals surface area contributed by atoms with Gasteiger partial charge < -0.3 is 14.8 Å². The van der Waals surface area contributed by atoms with Crippen LogP contribution in [0.1, 0.15) is 34.6 Å². The molecule has 1 amide bonds. The maximum Gasteiger partial charge on any atom is 0.315 e. The Hall–Kier alpha value is -2.63. The Morgan fingerprint density at radius 3 is 2.41 bits per heavy atom. The van der Waals surface area contributed by atoms with Crippen molar-refractivity contribution in [2.75, 3.05) is 6.54 Å². The number of carbonyl (C=O) groups is 2. The van der Waals surface area contributed by atoms with Gasteiger partial charge in [-0.05, 0) is 19.4 Å². The van der Waals surface area contributed by atoms with Gasteiger partial charge in [0.1, 0.15) is 5.41 Å². The lowest BCUT2D eigenvalue weighted by Crippen LogP contribution is -2.44. The zero-order valence-electron chi connectivity index (χ0n) is 12.7. The van der Waals surface area contributed by atoms with Gasteiger partial charge in [0, 0.05) is 13.5 Å². The Kier molecular flexibility index (Phi) is 4.30. The molecule has 2 aromatic rings. The summed E-state index contributed by atoms with van der Waals surface area (Å²) in [6.45, 7) is 4.84. The Labute approximate surface area is 128 Å². The summed E-state index contributed by atoms with van der Waals surface area (Å²) in [6.07, 6.45) is 0. The van der Waals surface area contributed by atoms with Gasteiger partial charge in [0.05, 0.1) is 5.69 Å². The van der Waals surface area contributed by atoms with Gasteiger partial charge in [-0.15, -0.1) is 0 Å². The van der Waals surface area contributed by atoms with Crippen LogP contribution in [0.25, 0.3) is 0 Å². The van der Waals surface area contributed by atoms with Crippen molar-refractivity contribution in [3.05, 3.63) is 53.2 Å². The van der Waals surface area contributed by atoms with Crippen molar-refractivity contribution in [1.29, 1.82) is 0 Å². The number of benzene rings is 1. The highest BCUT2D eigenvalue weighted by atomic mass is 16.4. The summed E-state index contributed by atoms with van der Waals surface area (Å²) in [5, 5.41) is 12.2. The summed E-state index contributed by atoms with van der Waals surface area (Å²) in [5.41, 5.74) is -0.125. The van der Waals surface area contributed by atoms with Gasteiger partial charge in [0.15, 0.2) is 5.89 Å². The maximum absolute atomic E-state index is 12.1. The van der Waals surface area contributed by atoms with E-state index < -0.39 is 17.3 Å². The number of carboxylic acid groups (broad SMARTS) is 1. The molecule has 2 rings (SSSR count). The van der Waals surface area contributed by atoms with E-state index >= 15 is 0 Å². The Bertz CT molecular complexity index is 693. The molecule has 0 aliphatic rings. The van der Waals surface area contributed by atoms with Crippen LogP contribution in [-0.4, -0.2) is 28.5 Å². The largest absolute Gasteiger partial charge is 0.481 e. The van der Waals surface area contributed by atoms with Crippen molar-refractivity contribution in [1.82, 2.24) is 10.3 Å². The number of oxazole rings is 1. The topological polar surface area (TPSA) is 92.4 Å². The number of carbonyl (C=O) groups excluding carboxylic acids is 1. The molecule has 1 atom stereocenters. The first-order valence-corrected chi connectivity index (χ1v) is 6.86. The monoisotopic (exact) mass is 302 g/mol. The minimum atomic E-state index is -1.22. The maximum atomic E-state index is 12.1. The lowest BCUT2D eigenvalue weighted by atomic mass is 9.82. The van der Waals surface area contributed by atoms with E-state index in [1.807, 2.05) is 6.07 Å². The summed E-state index contributed by atoms with van der Waals surface area (Å²) < 4.78 is 5.24. The van der Waals surface area contributed by atoms with Crippen molar-refractivity contribution in [3.8, 4) is 0 Å². The highest BCUT2D eigenvalue weighted by Gasteiger charge is 2.36. The van der Waals surface area contributed by atoms with Crippen LogP contribution >= 0.6 is 0 Å². The number of carboxylic acids is 1. The number of hydrogen-bond acceptors (Lipinski definition) is 4. The predicted octanol–water partition coefficient (Wildman–Crippen LogP) is 2.06. The fourth-order valence-electron chi connectivity index (χ4n) is 2.19. The number of aryl methyl sites for hydroxylation is 2. The summed E-state index contributed by atoms with van der Waals surface area (Å²) in [5.74, 6) is -0.976. The van der Waals surface area contributed by atoms with Crippen molar-refractivity contribution in [2.24, 2.45) is 0 Å². The molecular formula is C16H18N2O4. The second-order valence-corrected chi connectivity index (χ2v) is 5.33. The van der Waals surface area contributed by atoms with E-state index in [2.05, 4.69) is 10.3 Å². The SMILES string of the molecule is Cc1nc(C)c(C(=O)NCC(C)(C(=O)O)c2ccccc2)o1. The zero-order chi connectivity index (χ0) is 16.3. The minimum absolute atomic E-state index is 0.0512. The van der Waals surface area contributed by atoms with Crippen LogP contribution in [0, 0.1) is 13.8 Å². The third kappa shape index (κ3) is 3.00. The quantitative estimate of drug-likeness (QED) is 0.882. The van der Waals surface area contributed by atoms with Crippen molar-refractivity contribution < 1.29 is 19.1 Å². The van der Waals surface area contributed by atoms with E-state index in [9.17, 15) is 14.7 Å². The third-order valence-electron chi connectivity index (χ3n) is 3.60. The van der Waals surface area contributed by atoms with Gasteiger partial charge >= 0.3 is 5.97 Å². The normalized spacial score (nSPS) is 13.4. The fourth-order valence-corrected chi connectivity index (χ4v) is 2.19. The van der Waals surface area contributed by atoms with Crippen molar-refractivity contribution in [2.45, 2.75) is 26.2 Å². The van der Waals surface area contributed by atoms with Gasteiger partial charge in [-0.2, -0.15) is 0 Å². The molecular weight excluding hydrogens is 284 g/mol. The Morgan fingerprint density at radius 1 is 1.27 bits per heavy atom. The van der Waals surface area contributed by atoms with Crippen LogP contribution in [0.15, 0.2) is 34.7 Å². The molecule has 0 radical (unpaired) electrons. The zero-order valence-corrected chi connectivity index (χ0v) is 12.7. The molecule has 1 unspecified atom stereocenters. The van der Waals surface area contributed by atoms with Gasteiger partial charge in [-0.25, -0.2) is 4.98 Å². The molecule has 6 nitrogen and oxygen atoms in total. The summed E-state index contributed by atoms with van der Waals surface area (Å²) in [4.78, 5) is 27.8. The first-order chi connectivity index (χ1) is 10.3. The molecule has 0 aliphatic heterocycles. The van der Waals surface area contributed by atoms with Crippen LogP contribution in [-0.2, 0) is 10.2 Å². The highest BCUT2D eigenvalue weighted by molar-refractivity contribution is 5.93. The number of aromatic nitrogens is 1. The average molecular weight is 302 g/mol. The molecule has 0 aliphatic carbocycles. The standard InChI is InChI=1S/C16H18N2O4/c1-10-13(22-11(2)18-10)14(19)17-9-16(3,15(20)21)12-7-5-4-6-8-12/h4-8H,9H2,1-3H3,(H,17,19)(H,20,21). The van der Waals surface area contributed by atoms with E-state index in [4.69, 9.17) is 4.42 Å². The lowest BCUT2D eigenvalue weighted by molar-refractivity contribution is -0.142. The first kappa shape index (κ1) is 15.8. The van der Waals surface area contributed by atoms with Gasteiger partial charge in [0.25, 0.3) is 5.91 Å². The van der Waals surface area contributed by atoms with Crippen LogP contribution in [0.2, 0.25) is 0 Å². The number of nitrogens with zero attached hydrogens (tertiary/aromatic N) is 1. The highest BCUT2D eigenvalue weighted by Crippen LogP contribution is 2.23. The molecule has 2 N–H and O–H groups in total. The van der Waals surface area contributed by atoms with Crippen LogP contribution in [0.4, 0.5) is 0 Å². The van der Waals surface area contributed by atoms with Gasteiger partial charge in [0.2, 0.25) is 5.76 Å². The number of aliphatic carboxylic acids is 1. The second-order valence-electron chi connectivity index (χ2n) is 5.33. The number of rotatable bonds is 5. The Morgan fingerprint density at radius 2 is 1.91 bits per heavy atom. The predicted molar refractivity (Wildman–Crippen MR) is 79.7 cm³/mol. The fraction of sp³-hybridized carbons (Fsp3) is 0.312. The molecule has 0 saturated carbocycles. The van der Waals surface area contributed by atoms with Gasteiger partial charge in [-0.3, -0.25) is 9.59 Å². The van der Waals surface area contributed by atoms with Crippen LogP contribution in [0.3, 0.4) is 0 Å². The molecule has 0 spiro atoms. The molecule has 0 saturated heterocycles. The second kappa shape index (κ2) is 6.01. The molecule has 1 heterocycles. The molecule has 22 heavy (non-hydrogen) atoms. The van der Waals surface area contributed by atoms with Crippen LogP contribution < -0.4 is 5.32 Å².